The van der Waals surface area contributed by atoms with Gasteiger partial charge in [-0.05, 0) is 95.8 Å². The molecule has 328 valence electrons. The molecular weight excluding hydrogens is 793 g/mol. The molecule has 1 aliphatic carbocycles. The van der Waals surface area contributed by atoms with Gasteiger partial charge in [-0.15, -0.1) is 11.8 Å². The van der Waals surface area contributed by atoms with E-state index in [2.05, 4.69) is 52.0 Å². The lowest BCUT2D eigenvalue weighted by molar-refractivity contribution is -0.120. The number of urea groups is 1. The lowest BCUT2D eigenvalue weighted by Crippen LogP contribution is -2.53. The second kappa shape index (κ2) is 19.3. The molecule has 1 aromatic carbocycles. The van der Waals surface area contributed by atoms with E-state index in [1.54, 1.807) is 4.90 Å². The third-order valence-electron chi connectivity index (χ3n) is 13.3. The van der Waals surface area contributed by atoms with Crippen molar-refractivity contribution >= 4 is 47.1 Å². The van der Waals surface area contributed by atoms with Crippen molar-refractivity contribution in [1.29, 1.82) is 0 Å². The maximum Gasteiger partial charge on any atom is 0.328 e. The summed E-state index contributed by atoms with van der Waals surface area (Å²) < 4.78 is 12.1. The number of piperidine rings is 1. The number of hydrogen-bond acceptors (Lipinski definition) is 15. The average molecular weight is 855 g/mol. The first-order valence-corrected chi connectivity index (χ1v) is 23.6. The molecule has 2 aromatic heterocycles. The van der Waals surface area contributed by atoms with Gasteiger partial charge in [-0.1, -0.05) is 0 Å². The maximum absolute atomic E-state index is 12.1. The molecule has 5 fully saturated rings. The number of aromatic nitrogens is 4. The Kier molecular flexibility index (Phi) is 13.2. The molecule has 4 saturated heterocycles. The van der Waals surface area contributed by atoms with Crippen LogP contribution in [0.1, 0.15) is 64.0 Å². The molecule has 0 bridgehead atoms. The summed E-state index contributed by atoms with van der Waals surface area (Å²) in [7, 11) is 0. The molecule has 5 aliphatic heterocycles. The fraction of sp³-hybridized carbons (Fsp3) is 0.636. The van der Waals surface area contributed by atoms with Crippen molar-refractivity contribution in [3.63, 3.8) is 0 Å². The van der Waals surface area contributed by atoms with Gasteiger partial charge in [-0.25, -0.2) is 19.7 Å². The Balaban J connectivity index is 0.617. The summed E-state index contributed by atoms with van der Waals surface area (Å²) in [6.45, 7) is 16.1. The molecule has 7 heterocycles. The minimum atomic E-state index is -0.370. The summed E-state index contributed by atoms with van der Waals surface area (Å²) in [6.07, 6.45) is 13.2. The van der Waals surface area contributed by atoms with Gasteiger partial charge in [-0.3, -0.25) is 24.8 Å². The molecule has 16 nitrogen and oxygen atoms in total. The molecule has 3 aromatic rings. The number of unbranched alkanes of at least 4 members (excludes halogenated alkanes) is 1. The SMILES string of the molecule is CC1(Nc2nc(N3CCN(c4ncc(OCCCCN5CCN(C6CCN(CCOc7ccc(N8CCC(=O)NC8=O)cc7)CC6)CC5)cn4)CC3)nc3c2SCC3)CCC1. The van der Waals surface area contributed by atoms with Gasteiger partial charge in [0.2, 0.25) is 17.8 Å². The first-order chi connectivity index (χ1) is 29.8. The van der Waals surface area contributed by atoms with Gasteiger partial charge in [0, 0.05) is 101 Å². The number of anilines is 4. The summed E-state index contributed by atoms with van der Waals surface area (Å²) in [5.74, 6) is 5.01. The molecule has 3 amide bonds. The number of nitrogens with zero attached hydrogens (tertiary/aromatic N) is 10. The highest BCUT2D eigenvalue weighted by Crippen LogP contribution is 2.41. The van der Waals surface area contributed by atoms with Crippen LogP contribution >= 0.6 is 11.8 Å². The first-order valence-electron chi connectivity index (χ1n) is 22.6. The Morgan fingerprint density at radius 1 is 0.770 bits per heavy atom. The molecule has 0 unspecified atom stereocenters. The van der Waals surface area contributed by atoms with Crippen molar-refractivity contribution in [3.8, 4) is 11.5 Å². The van der Waals surface area contributed by atoms with E-state index in [4.69, 9.17) is 19.4 Å². The monoisotopic (exact) mass is 854 g/mol. The van der Waals surface area contributed by atoms with Crippen LogP contribution in [0.2, 0.25) is 0 Å². The zero-order chi connectivity index (χ0) is 41.6. The number of aryl methyl sites for hydroxylation is 1. The van der Waals surface area contributed by atoms with Crippen molar-refractivity contribution in [2.75, 3.05) is 124 Å². The van der Waals surface area contributed by atoms with Gasteiger partial charge in [0.15, 0.2) is 5.75 Å². The van der Waals surface area contributed by atoms with Crippen LogP contribution in [-0.2, 0) is 11.2 Å². The third-order valence-corrected chi connectivity index (χ3v) is 14.5. The molecular formula is C44H62N12O4S. The van der Waals surface area contributed by atoms with Gasteiger partial charge in [0.1, 0.15) is 18.2 Å². The molecule has 0 radical (unpaired) electrons. The Labute approximate surface area is 364 Å². The highest BCUT2D eigenvalue weighted by molar-refractivity contribution is 7.99. The molecule has 17 heteroatoms. The van der Waals surface area contributed by atoms with Gasteiger partial charge in [0.25, 0.3) is 0 Å². The number of fused-ring (bicyclic) bond motifs is 1. The van der Waals surface area contributed by atoms with Crippen molar-refractivity contribution in [1.82, 2.24) is 40.0 Å². The number of ether oxygens (including phenoxy) is 2. The van der Waals surface area contributed by atoms with Gasteiger partial charge < -0.3 is 29.5 Å². The van der Waals surface area contributed by atoms with E-state index in [9.17, 15) is 9.59 Å². The van der Waals surface area contributed by atoms with Crippen LogP contribution in [0.3, 0.4) is 0 Å². The lowest BCUT2D eigenvalue weighted by Gasteiger charge is -2.42. The quantitative estimate of drug-likeness (QED) is 0.197. The van der Waals surface area contributed by atoms with E-state index < -0.39 is 0 Å². The summed E-state index contributed by atoms with van der Waals surface area (Å²) in [5, 5.41) is 6.15. The Bertz CT molecular complexity index is 1950. The zero-order valence-corrected chi connectivity index (χ0v) is 36.5. The van der Waals surface area contributed by atoms with Crippen LogP contribution in [-0.4, -0.2) is 162 Å². The predicted octanol–water partition coefficient (Wildman–Crippen LogP) is 4.36. The molecule has 9 rings (SSSR count). The molecule has 0 spiro atoms. The van der Waals surface area contributed by atoms with Crippen molar-refractivity contribution < 1.29 is 19.1 Å². The molecule has 2 N–H and O–H groups in total. The number of imide groups is 1. The van der Waals surface area contributed by atoms with E-state index >= 15 is 0 Å². The van der Waals surface area contributed by atoms with E-state index in [-0.39, 0.29) is 17.5 Å². The number of carbonyl (C=O) groups excluding carboxylic acids is 2. The van der Waals surface area contributed by atoms with Crippen molar-refractivity contribution in [3.05, 3.63) is 42.4 Å². The second-order valence-electron chi connectivity index (χ2n) is 17.6. The number of thioether (sulfide) groups is 1. The number of benzene rings is 1. The number of rotatable bonds is 16. The van der Waals surface area contributed by atoms with Crippen LogP contribution in [0.5, 0.6) is 11.5 Å². The van der Waals surface area contributed by atoms with Crippen molar-refractivity contribution in [2.45, 2.75) is 81.2 Å². The van der Waals surface area contributed by atoms with E-state index in [1.807, 2.05) is 48.4 Å². The van der Waals surface area contributed by atoms with Gasteiger partial charge >= 0.3 is 6.03 Å². The topological polar surface area (TPSA) is 148 Å². The smallest absolute Gasteiger partial charge is 0.328 e. The minimum absolute atomic E-state index is 0.160. The molecule has 6 aliphatic rings. The van der Waals surface area contributed by atoms with E-state index in [0.717, 1.165) is 138 Å². The Morgan fingerprint density at radius 3 is 2.18 bits per heavy atom. The van der Waals surface area contributed by atoms with E-state index in [0.29, 0.717) is 32.2 Å². The lowest BCUT2D eigenvalue weighted by atomic mass is 9.78. The van der Waals surface area contributed by atoms with Gasteiger partial charge in [0.05, 0.1) is 29.6 Å². The van der Waals surface area contributed by atoms with Crippen LogP contribution < -0.4 is 34.8 Å². The van der Waals surface area contributed by atoms with Gasteiger partial charge in [-0.2, -0.15) is 4.98 Å². The molecule has 1 saturated carbocycles. The number of nitrogens with one attached hydrogen (secondary N) is 2. The fourth-order valence-corrected chi connectivity index (χ4v) is 10.4. The Morgan fingerprint density at radius 2 is 1.48 bits per heavy atom. The summed E-state index contributed by atoms with van der Waals surface area (Å²) in [6, 6.07) is 7.83. The minimum Gasteiger partial charge on any atom is -0.492 e. The molecule has 61 heavy (non-hydrogen) atoms. The number of piperazine rings is 2. The highest BCUT2D eigenvalue weighted by atomic mass is 32.2. The summed E-state index contributed by atoms with van der Waals surface area (Å²) in [4.78, 5) is 58.2. The van der Waals surface area contributed by atoms with Crippen LogP contribution in [0.4, 0.5) is 28.2 Å². The maximum atomic E-state index is 12.1. The highest BCUT2D eigenvalue weighted by Gasteiger charge is 2.35. The Hall–Kier alpha value is -4.45. The van der Waals surface area contributed by atoms with Crippen LogP contribution in [0.15, 0.2) is 41.6 Å². The number of likely N-dealkylation sites (tertiary alicyclic amines) is 1. The molecule has 0 atom stereocenters. The predicted molar refractivity (Wildman–Crippen MR) is 238 cm³/mol. The van der Waals surface area contributed by atoms with E-state index in [1.165, 1.54) is 42.7 Å². The van der Waals surface area contributed by atoms with Crippen LogP contribution in [0, 0.1) is 0 Å². The third kappa shape index (κ3) is 10.4. The first kappa shape index (κ1) is 41.9. The number of carbonyl (C=O) groups is 2. The number of hydrogen-bond donors (Lipinski definition) is 2. The normalized spacial score (nSPS) is 21.6. The average Bonchev–Trinajstić information content (AvgIpc) is 3.76. The number of amides is 3. The largest absolute Gasteiger partial charge is 0.492 e. The van der Waals surface area contributed by atoms with Crippen molar-refractivity contribution in [2.24, 2.45) is 0 Å². The fourth-order valence-electron chi connectivity index (χ4n) is 9.37. The zero-order valence-electron chi connectivity index (χ0n) is 35.7. The second-order valence-corrected chi connectivity index (χ2v) is 18.7. The summed E-state index contributed by atoms with van der Waals surface area (Å²) in [5.41, 5.74) is 2.12. The summed E-state index contributed by atoms with van der Waals surface area (Å²) >= 11 is 1.89. The standard InChI is InChI=1S/C44H62N12O4S/c1-44(13-4-14-44)50-40-39-37(12-30-61-39)47-42(49-40)55-25-23-54(24-26-55)41-45-31-36(32-46-41)59-28-3-2-15-51-19-21-53(22-20-51)33-9-16-52(17-10-33)27-29-60-35-7-5-34(6-8-35)56-18-11-38(57)48-43(56)58/h5-8,31-33H,2-4,9-30H2,1H3,(H,47,49,50)(H,48,57,58). The van der Waals surface area contributed by atoms with Crippen LogP contribution in [0.25, 0.3) is 0 Å².